The number of hydrogen-bond donors (Lipinski definition) is 1. The third-order valence-corrected chi connectivity index (χ3v) is 3.47. The molecule has 22 heavy (non-hydrogen) atoms. The molecule has 0 radical (unpaired) electrons. The highest BCUT2D eigenvalue weighted by molar-refractivity contribution is 6.31. The smallest absolute Gasteiger partial charge is 0.216 e. The van der Waals surface area contributed by atoms with Crippen LogP contribution >= 0.6 is 11.6 Å². The van der Waals surface area contributed by atoms with E-state index in [-0.39, 0.29) is 11.7 Å². The molecule has 0 saturated heterocycles. The second kappa shape index (κ2) is 7.92. The maximum atomic E-state index is 13.1. The fourth-order valence-corrected chi connectivity index (χ4v) is 2.33. The van der Waals surface area contributed by atoms with Crippen LogP contribution in [0.25, 0.3) is 0 Å². The Morgan fingerprint density at radius 1 is 1.23 bits per heavy atom. The lowest BCUT2D eigenvalue weighted by Gasteiger charge is -2.20. The van der Waals surface area contributed by atoms with E-state index in [0.29, 0.717) is 18.2 Å². The molecule has 0 aliphatic heterocycles. The summed E-state index contributed by atoms with van der Waals surface area (Å²) in [6.45, 7) is 2.18. The summed E-state index contributed by atoms with van der Waals surface area (Å²) in [5, 5.41) is 3.25. The SMILES string of the molecule is CC(=O)NCCOC(c1ccc(F)cc1)c1ccccc1Cl. The average molecular weight is 322 g/mol. The van der Waals surface area contributed by atoms with Crippen molar-refractivity contribution < 1.29 is 13.9 Å². The predicted molar refractivity (Wildman–Crippen MR) is 84.3 cm³/mol. The zero-order valence-electron chi connectivity index (χ0n) is 12.2. The topological polar surface area (TPSA) is 38.3 Å². The summed E-state index contributed by atoms with van der Waals surface area (Å²) in [5.41, 5.74) is 1.61. The predicted octanol–water partition coefficient (Wildman–Crippen LogP) is 3.72. The van der Waals surface area contributed by atoms with E-state index >= 15 is 0 Å². The first-order valence-corrected chi connectivity index (χ1v) is 7.31. The first-order chi connectivity index (χ1) is 10.6. The molecule has 0 aliphatic carbocycles. The highest BCUT2D eigenvalue weighted by atomic mass is 35.5. The van der Waals surface area contributed by atoms with Crippen LogP contribution < -0.4 is 5.32 Å². The van der Waals surface area contributed by atoms with Crippen molar-refractivity contribution in [2.45, 2.75) is 13.0 Å². The van der Waals surface area contributed by atoms with E-state index in [1.807, 2.05) is 18.2 Å². The lowest BCUT2D eigenvalue weighted by Crippen LogP contribution is -2.25. The third kappa shape index (κ3) is 4.55. The minimum atomic E-state index is -0.414. The van der Waals surface area contributed by atoms with Gasteiger partial charge in [0.25, 0.3) is 0 Å². The molecule has 2 rings (SSSR count). The van der Waals surface area contributed by atoms with Gasteiger partial charge in [-0.1, -0.05) is 41.9 Å². The Kier molecular flexibility index (Phi) is 5.92. The van der Waals surface area contributed by atoms with E-state index in [4.69, 9.17) is 16.3 Å². The molecule has 0 aliphatic rings. The molecule has 3 nitrogen and oxygen atoms in total. The third-order valence-electron chi connectivity index (χ3n) is 3.12. The molecule has 5 heteroatoms. The first kappa shape index (κ1) is 16.5. The maximum absolute atomic E-state index is 13.1. The monoisotopic (exact) mass is 321 g/mol. The van der Waals surface area contributed by atoms with Crippen LogP contribution in [0, 0.1) is 5.82 Å². The van der Waals surface area contributed by atoms with Crippen molar-refractivity contribution in [1.29, 1.82) is 0 Å². The number of carbonyl (C=O) groups excluding carboxylic acids is 1. The number of carbonyl (C=O) groups is 1. The van der Waals surface area contributed by atoms with Crippen molar-refractivity contribution in [2.24, 2.45) is 0 Å². The lowest BCUT2D eigenvalue weighted by molar-refractivity contribution is -0.119. The van der Waals surface area contributed by atoms with Crippen molar-refractivity contribution in [2.75, 3.05) is 13.2 Å². The van der Waals surface area contributed by atoms with Crippen LogP contribution in [0.3, 0.4) is 0 Å². The summed E-state index contributed by atoms with van der Waals surface area (Å²) in [6.07, 6.45) is -0.414. The molecule has 1 N–H and O–H groups in total. The fraction of sp³-hybridized carbons (Fsp3) is 0.235. The van der Waals surface area contributed by atoms with E-state index in [2.05, 4.69) is 5.32 Å². The van der Waals surface area contributed by atoms with Crippen molar-refractivity contribution >= 4 is 17.5 Å². The molecule has 2 aromatic carbocycles. The van der Waals surface area contributed by atoms with E-state index in [1.54, 1.807) is 18.2 Å². The normalized spacial score (nSPS) is 12.0. The molecular weight excluding hydrogens is 305 g/mol. The van der Waals surface area contributed by atoms with E-state index in [1.165, 1.54) is 19.1 Å². The van der Waals surface area contributed by atoms with Gasteiger partial charge in [-0.3, -0.25) is 4.79 Å². The Morgan fingerprint density at radius 3 is 2.55 bits per heavy atom. The number of hydrogen-bond acceptors (Lipinski definition) is 2. The minimum Gasteiger partial charge on any atom is -0.367 e. The highest BCUT2D eigenvalue weighted by Crippen LogP contribution is 2.31. The molecule has 0 fully saturated rings. The summed E-state index contributed by atoms with van der Waals surface area (Å²) in [6, 6.07) is 13.5. The number of ether oxygens (including phenoxy) is 1. The number of nitrogens with one attached hydrogen (secondary N) is 1. The van der Waals surface area contributed by atoms with Crippen LogP contribution in [0.4, 0.5) is 4.39 Å². The molecule has 116 valence electrons. The van der Waals surface area contributed by atoms with E-state index < -0.39 is 6.10 Å². The van der Waals surface area contributed by atoms with Gasteiger partial charge in [0.15, 0.2) is 0 Å². The largest absolute Gasteiger partial charge is 0.367 e. The number of rotatable bonds is 6. The minimum absolute atomic E-state index is 0.111. The van der Waals surface area contributed by atoms with Gasteiger partial charge in [-0.05, 0) is 23.8 Å². The van der Waals surface area contributed by atoms with Crippen LogP contribution in [-0.4, -0.2) is 19.1 Å². The average Bonchev–Trinajstić information content (AvgIpc) is 2.49. The van der Waals surface area contributed by atoms with Crippen LogP contribution in [-0.2, 0) is 9.53 Å². The summed E-state index contributed by atoms with van der Waals surface area (Å²) < 4.78 is 19.0. The van der Waals surface area contributed by atoms with Gasteiger partial charge in [-0.25, -0.2) is 4.39 Å². The van der Waals surface area contributed by atoms with Crippen molar-refractivity contribution in [3.8, 4) is 0 Å². The Labute approximate surface area is 134 Å². The molecule has 0 bridgehead atoms. The molecular formula is C17H17ClFNO2. The van der Waals surface area contributed by atoms with Crippen molar-refractivity contribution in [3.63, 3.8) is 0 Å². The van der Waals surface area contributed by atoms with Crippen LogP contribution in [0.2, 0.25) is 5.02 Å². The zero-order chi connectivity index (χ0) is 15.9. The summed E-state index contributed by atoms with van der Waals surface area (Å²) in [7, 11) is 0. The number of benzene rings is 2. The first-order valence-electron chi connectivity index (χ1n) is 6.94. The molecule has 1 unspecified atom stereocenters. The van der Waals surface area contributed by atoms with Gasteiger partial charge in [0.2, 0.25) is 5.91 Å². The summed E-state index contributed by atoms with van der Waals surface area (Å²) >= 11 is 6.24. The van der Waals surface area contributed by atoms with Crippen LogP contribution in [0.5, 0.6) is 0 Å². The van der Waals surface area contributed by atoms with Gasteiger partial charge < -0.3 is 10.1 Å². The quantitative estimate of drug-likeness (QED) is 0.823. The molecule has 2 aromatic rings. The maximum Gasteiger partial charge on any atom is 0.216 e. The molecule has 0 spiro atoms. The van der Waals surface area contributed by atoms with Gasteiger partial charge in [-0.15, -0.1) is 0 Å². The van der Waals surface area contributed by atoms with Gasteiger partial charge in [0, 0.05) is 24.1 Å². The Balaban J connectivity index is 2.19. The Morgan fingerprint density at radius 2 is 1.91 bits per heavy atom. The van der Waals surface area contributed by atoms with Crippen LogP contribution in [0.15, 0.2) is 48.5 Å². The highest BCUT2D eigenvalue weighted by Gasteiger charge is 2.17. The standard InChI is InChI=1S/C17H17ClFNO2/c1-12(21)20-10-11-22-17(13-6-8-14(19)9-7-13)15-4-2-3-5-16(15)18/h2-9,17H,10-11H2,1H3,(H,20,21). The Bertz CT molecular complexity index is 631. The van der Waals surface area contributed by atoms with Gasteiger partial charge >= 0.3 is 0 Å². The fourth-order valence-electron chi connectivity index (χ4n) is 2.09. The van der Waals surface area contributed by atoms with Crippen molar-refractivity contribution in [1.82, 2.24) is 5.32 Å². The molecule has 0 saturated carbocycles. The van der Waals surface area contributed by atoms with Crippen molar-refractivity contribution in [3.05, 3.63) is 70.5 Å². The molecule has 1 atom stereocenters. The van der Waals surface area contributed by atoms with Crippen LogP contribution in [0.1, 0.15) is 24.2 Å². The summed E-state index contributed by atoms with van der Waals surface area (Å²) in [4.78, 5) is 10.9. The second-order valence-electron chi connectivity index (χ2n) is 4.81. The van der Waals surface area contributed by atoms with E-state index in [9.17, 15) is 9.18 Å². The lowest BCUT2D eigenvalue weighted by atomic mass is 10.0. The molecule has 0 aromatic heterocycles. The molecule has 1 amide bonds. The second-order valence-corrected chi connectivity index (χ2v) is 5.21. The number of amides is 1. The Hall–Kier alpha value is -1.91. The van der Waals surface area contributed by atoms with Gasteiger partial charge in [-0.2, -0.15) is 0 Å². The zero-order valence-corrected chi connectivity index (χ0v) is 12.9. The summed E-state index contributed by atoms with van der Waals surface area (Å²) in [5.74, 6) is -0.417. The van der Waals surface area contributed by atoms with Gasteiger partial charge in [0.05, 0.1) is 6.61 Å². The van der Waals surface area contributed by atoms with Gasteiger partial charge in [0.1, 0.15) is 11.9 Å². The molecule has 0 heterocycles. The van der Waals surface area contributed by atoms with E-state index in [0.717, 1.165) is 11.1 Å². The number of halogens is 2.